The minimum Gasteiger partial charge on any atom is -0.442 e. The van der Waals surface area contributed by atoms with Crippen molar-refractivity contribution in [2.24, 2.45) is 11.8 Å². The van der Waals surface area contributed by atoms with E-state index in [2.05, 4.69) is 10.3 Å². The number of rotatable bonds is 13. The average molecular weight is 532 g/mol. The van der Waals surface area contributed by atoms with E-state index in [9.17, 15) is 22.8 Å². The van der Waals surface area contributed by atoms with Gasteiger partial charge in [-0.25, -0.2) is 13.4 Å². The molecule has 0 radical (unpaired) electrons. The van der Waals surface area contributed by atoms with Crippen LogP contribution in [0.3, 0.4) is 0 Å². The number of aromatic nitrogens is 1. The van der Waals surface area contributed by atoms with Gasteiger partial charge in [0.05, 0.1) is 42.9 Å². The Morgan fingerprint density at radius 1 is 1.11 bits per heavy atom. The van der Waals surface area contributed by atoms with Crippen molar-refractivity contribution in [1.82, 2.24) is 15.2 Å². The molecule has 2 amide bonds. The van der Waals surface area contributed by atoms with Gasteiger partial charge in [0.25, 0.3) is 5.89 Å². The van der Waals surface area contributed by atoms with E-state index in [0.29, 0.717) is 32.7 Å². The highest BCUT2D eigenvalue weighted by Gasteiger charge is 2.36. The summed E-state index contributed by atoms with van der Waals surface area (Å²) in [5, 5.41) is 2.73. The molecule has 1 N–H and O–H groups in total. The Bertz CT molecular complexity index is 1160. The van der Waals surface area contributed by atoms with Crippen LogP contribution in [-0.2, 0) is 30.6 Å². The number of hydrogen-bond donors (Lipinski definition) is 1. The van der Waals surface area contributed by atoms with Gasteiger partial charge < -0.3 is 19.4 Å². The van der Waals surface area contributed by atoms with Crippen LogP contribution in [-0.4, -0.2) is 79.8 Å². The van der Waals surface area contributed by atoms with Crippen LogP contribution < -0.4 is 5.32 Å². The van der Waals surface area contributed by atoms with E-state index >= 15 is 0 Å². The Balaban J connectivity index is 1.50. The van der Waals surface area contributed by atoms with E-state index in [0.717, 1.165) is 18.4 Å². The molecule has 2 aromatic rings. The third-order valence-corrected chi connectivity index (χ3v) is 8.53. The molecule has 1 saturated carbocycles. The molecule has 0 bridgehead atoms. The summed E-state index contributed by atoms with van der Waals surface area (Å²) in [5.74, 6) is -3.01. The van der Waals surface area contributed by atoms with Crippen molar-refractivity contribution in [1.29, 1.82) is 0 Å². The van der Waals surface area contributed by atoms with E-state index in [-0.39, 0.29) is 36.3 Å². The van der Waals surface area contributed by atoms with Gasteiger partial charge in [-0.05, 0) is 37.2 Å². The number of aryl methyl sites for hydroxylation is 1. The number of hydrogen-bond acceptors (Lipinski definition) is 8. The lowest BCUT2D eigenvalue weighted by atomic mass is 9.99. The van der Waals surface area contributed by atoms with Gasteiger partial charge in [0.2, 0.25) is 17.6 Å². The monoisotopic (exact) mass is 531 g/mol. The Hall–Kier alpha value is -3.05. The summed E-state index contributed by atoms with van der Waals surface area (Å²) >= 11 is 0. The number of ketones is 1. The lowest BCUT2D eigenvalue weighted by Gasteiger charge is -2.28. The fraction of sp³-hybridized carbons (Fsp3) is 0.538. The van der Waals surface area contributed by atoms with Crippen LogP contribution in [0.1, 0.15) is 41.9 Å². The molecule has 2 atom stereocenters. The summed E-state index contributed by atoms with van der Waals surface area (Å²) in [6.07, 6.45) is 4.83. The van der Waals surface area contributed by atoms with Crippen LogP contribution in [0.5, 0.6) is 0 Å². The molecule has 37 heavy (non-hydrogen) atoms. The number of amides is 2. The number of nitrogens with one attached hydrogen (secondary N) is 1. The number of sulfone groups is 1. The van der Waals surface area contributed by atoms with E-state index in [4.69, 9.17) is 9.15 Å². The average Bonchev–Trinajstić information content (AvgIpc) is 3.52. The number of morpholine rings is 1. The predicted octanol–water partition coefficient (Wildman–Crippen LogP) is 1.66. The quantitative estimate of drug-likeness (QED) is 0.386. The maximum Gasteiger partial charge on any atom is 0.265 e. The first kappa shape index (κ1) is 27.0. The molecular weight excluding hydrogens is 498 g/mol. The van der Waals surface area contributed by atoms with Crippen molar-refractivity contribution < 1.29 is 32.0 Å². The van der Waals surface area contributed by atoms with Crippen molar-refractivity contribution in [2.75, 3.05) is 37.8 Å². The summed E-state index contributed by atoms with van der Waals surface area (Å²) in [5.41, 5.74) is 0.980. The minimum absolute atomic E-state index is 0.00913. The maximum absolute atomic E-state index is 13.5. The van der Waals surface area contributed by atoms with E-state index < -0.39 is 39.2 Å². The molecule has 1 aliphatic carbocycles. The maximum atomic E-state index is 13.5. The Labute approximate surface area is 216 Å². The van der Waals surface area contributed by atoms with Gasteiger partial charge in [-0.15, -0.1) is 0 Å². The molecular formula is C26H33N3O7S. The zero-order chi connectivity index (χ0) is 26.3. The van der Waals surface area contributed by atoms with Crippen LogP contribution in [0.15, 0.2) is 47.2 Å². The van der Waals surface area contributed by atoms with Crippen molar-refractivity contribution >= 4 is 27.4 Å². The van der Waals surface area contributed by atoms with Gasteiger partial charge in [-0.3, -0.25) is 14.4 Å². The zero-order valence-corrected chi connectivity index (χ0v) is 21.5. The summed E-state index contributed by atoms with van der Waals surface area (Å²) in [7, 11) is -3.57. The number of carbonyl (C=O) groups is 3. The molecule has 2 fully saturated rings. The SMILES string of the molecule is O=C(N[C@@H](CCc1ccccc1)C(=O)c1ncco1)C(CC(=O)N1CCOCC1)CS(=O)(=O)CC1CC1. The lowest BCUT2D eigenvalue weighted by molar-refractivity contribution is -0.139. The summed E-state index contributed by atoms with van der Waals surface area (Å²) in [6.45, 7) is 1.58. The second-order valence-corrected chi connectivity index (χ2v) is 11.9. The zero-order valence-electron chi connectivity index (χ0n) is 20.7. The third-order valence-electron chi connectivity index (χ3n) is 6.64. The van der Waals surface area contributed by atoms with Gasteiger partial charge in [0, 0.05) is 19.5 Å². The molecule has 200 valence electrons. The first-order valence-electron chi connectivity index (χ1n) is 12.6. The van der Waals surface area contributed by atoms with Gasteiger partial charge >= 0.3 is 0 Å². The van der Waals surface area contributed by atoms with Crippen molar-refractivity contribution in [3.05, 3.63) is 54.2 Å². The molecule has 10 nitrogen and oxygen atoms in total. The summed E-state index contributed by atoms with van der Waals surface area (Å²) in [4.78, 5) is 45.0. The Morgan fingerprint density at radius 2 is 1.84 bits per heavy atom. The van der Waals surface area contributed by atoms with Crippen LogP contribution >= 0.6 is 0 Å². The molecule has 1 aliphatic heterocycles. The highest BCUT2D eigenvalue weighted by Crippen LogP contribution is 2.31. The molecule has 4 rings (SSSR count). The lowest BCUT2D eigenvalue weighted by Crippen LogP contribution is -2.48. The van der Waals surface area contributed by atoms with Gasteiger partial charge in [-0.1, -0.05) is 30.3 Å². The van der Waals surface area contributed by atoms with Gasteiger partial charge in [0.15, 0.2) is 9.84 Å². The second kappa shape index (κ2) is 12.5. The third kappa shape index (κ3) is 8.22. The van der Waals surface area contributed by atoms with Crippen molar-refractivity contribution in [2.45, 2.75) is 38.1 Å². The smallest absolute Gasteiger partial charge is 0.265 e. The highest BCUT2D eigenvalue weighted by molar-refractivity contribution is 7.91. The van der Waals surface area contributed by atoms with Crippen molar-refractivity contribution in [3.63, 3.8) is 0 Å². The largest absolute Gasteiger partial charge is 0.442 e. The first-order valence-corrected chi connectivity index (χ1v) is 14.5. The molecule has 1 unspecified atom stereocenters. The van der Waals surface area contributed by atoms with Crippen LogP contribution in [0.4, 0.5) is 0 Å². The second-order valence-electron chi connectivity index (χ2n) is 9.70. The Morgan fingerprint density at radius 3 is 2.49 bits per heavy atom. The molecule has 2 aliphatic rings. The minimum atomic E-state index is -3.57. The highest BCUT2D eigenvalue weighted by atomic mass is 32.2. The number of nitrogens with zero attached hydrogens (tertiary/aromatic N) is 2. The standard InChI is InChI=1S/C26H33N3O7S/c30-23(29-11-14-35-15-12-29)16-21(18-37(33,34)17-20-6-7-20)25(32)28-22(24(31)26-27-10-13-36-26)9-8-19-4-2-1-3-5-19/h1-5,10,13,20-22H,6-9,11-12,14-18H2,(H,28,32)/t21?,22-/m0/s1. The fourth-order valence-corrected chi connectivity index (χ4v) is 6.48. The molecule has 1 aromatic carbocycles. The molecule has 2 heterocycles. The predicted molar refractivity (Wildman–Crippen MR) is 134 cm³/mol. The number of benzene rings is 1. The number of ether oxygens (including phenoxy) is 1. The van der Waals surface area contributed by atoms with Crippen LogP contribution in [0.2, 0.25) is 0 Å². The van der Waals surface area contributed by atoms with E-state index in [1.54, 1.807) is 4.90 Å². The summed E-state index contributed by atoms with van der Waals surface area (Å²) in [6, 6.07) is 8.51. The van der Waals surface area contributed by atoms with Crippen LogP contribution in [0, 0.1) is 11.8 Å². The summed E-state index contributed by atoms with van der Waals surface area (Å²) < 4.78 is 36.2. The molecule has 11 heteroatoms. The van der Waals surface area contributed by atoms with Gasteiger partial charge in [0.1, 0.15) is 6.26 Å². The van der Waals surface area contributed by atoms with E-state index in [1.807, 2.05) is 30.3 Å². The first-order chi connectivity index (χ1) is 17.8. The number of carbonyl (C=O) groups excluding carboxylic acids is 3. The normalized spacial score (nSPS) is 17.7. The topological polar surface area (TPSA) is 136 Å². The molecule has 1 saturated heterocycles. The van der Waals surface area contributed by atoms with E-state index in [1.165, 1.54) is 12.5 Å². The molecule has 1 aromatic heterocycles. The fourth-order valence-electron chi connectivity index (χ4n) is 4.41. The van der Waals surface area contributed by atoms with Gasteiger partial charge in [-0.2, -0.15) is 0 Å². The van der Waals surface area contributed by atoms with Crippen molar-refractivity contribution in [3.8, 4) is 0 Å². The Kier molecular flexibility index (Phi) is 9.09. The molecule has 0 spiro atoms. The number of oxazole rings is 1. The van der Waals surface area contributed by atoms with Crippen LogP contribution in [0.25, 0.3) is 0 Å². The number of Topliss-reactive ketones (excluding diaryl/α,β-unsaturated/α-hetero) is 1.